The number of carboxylic acids is 1. The van der Waals surface area contributed by atoms with Crippen LogP contribution in [0.25, 0.3) is 0 Å². The Morgan fingerprint density at radius 1 is 1.67 bits per heavy atom. The minimum atomic E-state index is -1.02. The van der Waals surface area contributed by atoms with Crippen LogP contribution in [-0.4, -0.2) is 24.7 Å². The second kappa shape index (κ2) is 4.33. The summed E-state index contributed by atoms with van der Waals surface area (Å²) in [6.07, 6.45) is 0. The van der Waals surface area contributed by atoms with E-state index in [1.807, 2.05) is 6.07 Å². The molecule has 0 aromatic heterocycles. The van der Waals surface area contributed by atoms with Gasteiger partial charge in [-0.15, -0.1) is 0 Å². The minimum Gasteiger partial charge on any atom is -0.478 e. The van der Waals surface area contributed by atoms with E-state index in [0.717, 1.165) is 0 Å². The van der Waals surface area contributed by atoms with Crippen LogP contribution in [0.1, 0.15) is 10.4 Å². The van der Waals surface area contributed by atoms with Crippen molar-refractivity contribution in [1.29, 1.82) is 5.26 Å². The number of nitriles is 1. The maximum Gasteiger partial charge on any atom is 0.335 e. The van der Waals surface area contributed by atoms with Gasteiger partial charge in [0.1, 0.15) is 6.54 Å². The molecule has 0 saturated carbocycles. The summed E-state index contributed by atoms with van der Waals surface area (Å²) in [5.41, 5.74) is 6.82. The highest BCUT2D eigenvalue weighted by molar-refractivity contribution is 5.90. The number of aromatic carboxylic acids is 1. The number of benzene rings is 1. The SMILES string of the molecule is CN(CC#N)c1ccc(C(=O)O)cc1N. The standard InChI is InChI=1S/C10H11N3O2/c1-13(5-4-11)9-3-2-7(10(14)15)6-8(9)12/h2-3,6H,5,12H2,1H3,(H,14,15). The van der Waals surface area contributed by atoms with Gasteiger partial charge in [-0.2, -0.15) is 5.26 Å². The Morgan fingerprint density at radius 3 is 2.80 bits per heavy atom. The van der Waals surface area contributed by atoms with Gasteiger partial charge in [0.2, 0.25) is 0 Å². The van der Waals surface area contributed by atoms with E-state index >= 15 is 0 Å². The number of carboxylic acid groups (broad SMARTS) is 1. The maximum absolute atomic E-state index is 10.6. The Morgan fingerprint density at radius 2 is 2.33 bits per heavy atom. The van der Waals surface area contributed by atoms with E-state index < -0.39 is 5.97 Å². The molecular formula is C10H11N3O2. The molecule has 0 saturated heterocycles. The first-order valence-electron chi connectivity index (χ1n) is 4.27. The van der Waals surface area contributed by atoms with Crippen LogP contribution in [0.2, 0.25) is 0 Å². The number of carbonyl (C=O) groups is 1. The number of rotatable bonds is 3. The zero-order valence-corrected chi connectivity index (χ0v) is 8.27. The van der Waals surface area contributed by atoms with Crippen molar-refractivity contribution in [1.82, 2.24) is 0 Å². The number of anilines is 2. The summed E-state index contributed by atoms with van der Waals surface area (Å²) < 4.78 is 0. The Bertz CT molecular complexity index is 423. The predicted octanol–water partition coefficient (Wildman–Crippen LogP) is 0.927. The molecule has 0 bridgehead atoms. The van der Waals surface area contributed by atoms with Gasteiger partial charge in [-0.25, -0.2) is 4.79 Å². The van der Waals surface area contributed by atoms with Crippen molar-refractivity contribution in [3.63, 3.8) is 0 Å². The van der Waals surface area contributed by atoms with Crippen LogP contribution in [0.3, 0.4) is 0 Å². The van der Waals surface area contributed by atoms with E-state index in [1.54, 1.807) is 18.0 Å². The van der Waals surface area contributed by atoms with Gasteiger partial charge in [-0.3, -0.25) is 0 Å². The second-order valence-electron chi connectivity index (χ2n) is 3.09. The summed E-state index contributed by atoms with van der Waals surface area (Å²) in [6, 6.07) is 6.42. The van der Waals surface area contributed by atoms with Gasteiger partial charge in [0.25, 0.3) is 0 Å². The van der Waals surface area contributed by atoms with Crippen molar-refractivity contribution >= 4 is 17.3 Å². The minimum absolute atomic E-state index is 0.140. The lowest BCUT2D eigenvalue weighted by Crippen LogP contribution is -2.18. The molecule has 15 heavy (non-hydrogen) atoms. The van der Waals surface area contributed by atoms with Crippen LogP contribution in [0.15, 0.2) is 18.2 Å². The van der Waals surface area contributed by atoms with Crippen molar-refractivity contribution in [2.45, 2.75) is 0 Å². The van der Waals surface area contributed by atoms with E-state index in [1.165, 1.54) is 12.1 Å². The molecule has 0 radical (unpaired) electrons. The van der Waals surface area contributed by atoms with Crippen molar-refractivity contribution in [3.05, 3.63) is 23.8 Å². The van der Waals surface area contributed by atoms with Gasteiger partial charge in [0.15, 0.2) is 0 Å². The van der Waals surface area contributed by atoms with Gasteiger partial charge in [0, 0.05) is 7.05 Å². The first-order chi connectivity index (χ1) is 7.06. The Hall–Kier alpha value is -2.22. The summed E-state index contributed by atoms with van der Waals surface area (Å²) in [4.78, 5) is 12.3. The summed E-state index contributed by atoms with van der Waals surface area (Å²) in [7, 11) is 1.72. The van der Waals surface area contributed by atoms with Crippen LogP contribution in [-0.2, 0) is 0 Å². The normalized spacial score (nSPS) is 9.33. The summed E-state index contributed by atoms with van der Waals surface area (Å²) in [6.45, 7) is 0.205. The van der Waals surface area contributed by atoms with Crippen molar-refractivity contribution in [2.24, 2.45) is 0 Å². The quantitative estimate of drug-likeness (QED) is 0.565. The number of hydrogen-bond acceptors (Lipinski definition) is 4. The molecule has 3 N–H and O–H groups in total. The van der Waals surface area contributed by atoms with Crippen LogP contribution < -0.4 is 10.6 Å². The van der Waals surface area contributed by atoms with Crippen molar-refractivity contribution in [3.8, 4) is 6.07 Å². The predicted molar refractivity (Wildman–Crippen MR) is 56.7 cm³/mol. The monoisotopic (exact) mass is 205 g/mol. The molecule has 0 spiro atoms. The average Bonchev–Trinajstić information content (AvgIpc) is 2.17. The highest BCUT2D eigenvalue weighted by atomic mass is 16.4. The van der Waals surface area contributed by atoms with Crippen molar-refractivity contribution in [2.75, 3.05) is 24.2 Å². The largest absolute Gasteiger partial charge is 0.478 e. The van der Waals surface area contributed by atoms with Crippen LogP contribution in [0.4, 0.5) is 11.4 Å². The molecule has 5 nitrogen and oxygen atoms in total. The Balaban J connectivity index is 3.03. The van der Waals surface area contributed by atoms with E-state index in [2.05, 4.69) is 0 Å². The smallest absolute Gasteiger partial charge is 0.335 e. The number of hydrogen-bond donors (Lipinski definition) is 2. The average molecular weight is 205 g/mol. The topological polar surface area (TPSA) is 90.3 Å². The van der Waals surface area contributed by atoms with Gasteiger partial charge in [-0.1, -0.05) is 0 Å². The summed E-state index contributed by atoms with van der Waals surface area (Å²) >= 11 is 0. The Labute approximate surface area is 87.3 Å². The molecule has 0 amide bonds. The molecule has 1 aromatic rings. The number of nitrogen functional groups attached to an aromatic ring is 1. The zero-order valence-electron chi connectivity index (χ0n) is 8.27. The first-order valence-corrected chi connectivity index (χ1v) is 4.27. The van der Waals surface area contributed by atoms with Gasteiger partial charge >= 0.3 is 5.97 Å². The first kappa shape index (κ1) is 10.9. The molecule has 0 atom stereocenters. The lowest BCUT2D eigenvalue weighted by Gasteiger charge is -2.17. The van der Waals surface area contributed by atoms with Crippen LogP contribution in [0, 0.1) is 11.3 Å². The molecule has 0 aliphatic rings. The molecule has 0 fully saturated rings. The van der Waals surface area contributed by atoms with E-state index in [9.17, 15) is 4.79 Å². The van der Waals surface area contributed by atoms with E-state index in [0.29, 0.717) is 11.4 Å². The van der Waals surface area contributed by atoms with Gasteiger partial charge in [-0.05, 0) is 18.2 Å². The number of nitrogens with two attached hydrogens (primary N) is 1. The van der Waals surface area contributed by atoms with Crippen LogP contribution >= 0.6 is 0 Å². The Kier molecular flexibility index (Phi) is 3.13. The molecule has 0 heterocycles. The molecule has 1 rings (SSSR count). The lowest BCUT2D eigenvalue weighted by molar-refractivity contribution is 0.0697. The highest BCUT2D eigenvalue weighted by Gasteiger charge is 2.08. The fourth-order valence-corrected chi connectivity index (χ4v) is 1.23. The molecule has 1 aromatic carbocycles. The third-order valence-corrected chi connectivity index (χ3v) is 1.99. The van der Waals surface area contributed by atoms with Gasteiger partial charge in [0.05, 0.1) is 23.0 Å². The van der Waals surface area contributed by atoms with E-state index in [-0.39, 0.29) is 12.1 Å². The van der Waals surface area contributed by atoms with Crippen molar-refractivity contribution < 1.29 is 9.90 Å². The summed E-state index contributed by atoms with van der Waals surface area (Å²) in [5, 5.41) is 17.2. The molecule has 5 heteroatoms. The van der Waals surface area contributed by atoms with Crippen LogP contribution in [0.5, 0.6) is 0 Å². The fraction of sp³-hybridized carbons (Fsp3) is 0.200. The summed E-state index contributed by atoms with van der Waals surface area (Å²) in [5.74, 6) is -1.02. The molecule has 0 aliphatic heterocycles. The maximum atomic E-state index is 10.6. The van der Waals surface area contributed by atoms with E-state index in [4.69, 9.17) is 16.1 Å². The molecule has 0 unspecified atom stereocenters. The lowest BCUT2D eigenvalue weighted by atomic mass is 10.1. The number of nitrogens with zero attached hydrogens (tertiary/aromatic N) is 2. The van der Waals surface area contributed by atoms with Gasteiger partial charge < -0.3 is 15.7 Å². The highest BCUT2D eigenvalue weighted by Crippen LogP contribution is 2.22. The molecule has 78 valence electrons. The fourth-order valence-electron chi connectivity index (χ4n) is 1.23. The zero-order chi connectivity index (χ0) is 11.4. The molecular weight excluding hydrogens is 194 g/mol. The third-order valence-electron chi connectivity index (χ3n) is 1.99. The molecule has 0 aliphatic carbocycles. The third kappa shape index (κ3) is 2.38. The second-order valence-corrected chi connectivity index (χ2v) is 3.09.